The Morgan fingerprint density at radius 2 is 1.71 bits per heavy atom. The van der Waals surface area contributed by atoms with Gasteiger partial charge in [-0.05, 0) is 46.8 Å². The third-order valence-electron chi connectivity index (χ3n) is 5.05. The molecule has 0 fully saturated rings. The van der Waals surface area contributed by atoms with Crippen molar-refractivity contribution in [2.24, 2.45) is 0 Å². The van der Waals surface area contributed by atoms with Gasteiger partial charge in [0.05, 0.1) is 24.7 Å². The SMILES string of the molecule is COc1ccc(-c2csc(NC(=O)c3cccs3)c2C(=O)NCc2ccc(F)cc2)cc1OC. The van der Waals surface area contributed by atoms with Gasteiger partial charge in [-0.1, -0.05) is 24.3 Å². The molecule has 6 nitrogen and oxygen atoms in total. The number of amides is 2. The van der Waals surface area contributed by atoms with E-state index in [0.29, 0.717) is 32.5 Å². The standard InChI is InChI=1S/C25H21FN2O4S2/c1-31-19-10-7-16(12-20(19)32-2)18-14-34-25(28-23(29)21-4-3-11-33-21)22(18)24(30)27-13-15-5-8-17(26)9-6-15/h3-12,14H,13H2,1-2H3,(H,27,30)(H,28,29). The Morgan fingerprint density at radius 1 is 0.941 bits per heavy atom. The van der Waals surface area contributed by atoms with E-state index < -0.39 is 0 Å². The summed E-state index contributed by atoms with van der Waals surface area (Å²) in [5.74, 6) is 0.0883. The van der Waals surface area contributed by atoms with Crippen LogP contribution in [0, 0.1) is 5.82 Å². The van der Waals surface area contributed by atoms with Crippen LogP contribution in [0.3, 0.4) is 0 Å². The van der Waals surface area contributed by atoms with E-state index in [1.807, 2.05) is 16.8 Å². The molecule has 0 saturated carbocycles. The van der Waals surface area contributed by atoms with Crippen molar-refractivity contribution in [2.45, 2.75) is 6.54 Å². The highest BCUT2D eigenvalue weighted by Gasteiger charge is 2.23. The largest absolute Gasteiger partial charge is 0.493 e. The Kier molecular flexibility index (Phi) is 7.24. The number of halogens is 1. The number of benzene rings is 2. The molecule has 0 aliphatic rings. The number of rotatable bonds is 8. The Hall–Kier alpha value is -3.69. The molecular formula is C25H21FN2O4S2. The van der Waals surface area contributed by atoms with Crippen molar-refractivity contribution in [3.05, 3.63) is 87.2 Å². The second-order valence-corrected chi connectivity index (χ2v) is 8.99. The van der Waals surface area contributed by atoms with E-state index in [-0.39, 0.29) is 24.2 Å². The first-order chi connectivity index (χ1) is 16.5. The van der Waals surface area contributed by atoms with Crippen LogP contribution in [0.25, 0.3) is 11.1 Å². The second kappa shape index (κ2) is 10.5. The molecule has 2 N–H and O–H groups in total. The predicted octanol–water partition coefficient (Wildman–Crippen LogP) is 5.82. The molecule has 174 valence electrons. The highest BCUT2D eigenvalue weighted by molar-refractivity contribution is 7.15. The molecule has 4 aromatic rings. The lowest BCUT2D eigenvalue weighted by Gasteiger charge is -2.12. The van der Waals surface area contributed by atoms with E-state index >= 15 is 0 Å². The van der Waals surface area contributed by atoms with E-state index in [2.05, 4.69) is 10.6 Å². The zero-order valence-corrected chi connectivity index (χ0v) is 20.0. The van der Waals surface area contributed by atoms with Crippen LogP contribution in [0.15, 0.2) is 65.4 Å². The number of methoxy groups -OCH3 is 2. The van der Waals surface area contributed by atoms with Crippen LogP contribution in [-0.4, -0.2) is 26.0 Å². The summed E-state index contributed by atoms with van der Waals surface area (Å²) in [5, 5.41) is 9.80. The van der Waals surface area contributed by atoms with Gasteiger partial charge in [0.15, 0.2) is 11.5 Å². The van der Waals surface area contributed by atoms with Crippen LogP contribution in [0.2, 0.25) is 0 Å². The van der Waals surface area contributed by atoms with Gasteiger partial charge in [-0.2, -0.15) is 0 Å². The summed E-state index contributed by atoms with van der Waals surface area (Å²) < 4.78 is 23.9. The van der Waals surface area contributed by atoms with E-state index in [1.54, 1.807) is 43.5 Å². The Morgan fingerprint density at radius 3 is 2.38 bits per heavy atom. The van der Waals surface area contributed by atoms with Crippen LogP contribution < -0.4 is 20.1 Å². The average Bonchev–Trinajstić information content (AvgIpc) is 3.54. The molecule has 34 heavy (non-hydrogen) atoms. The van der Waals surface area contributed by atoms with Crippen molar-refractivity contribution >= 4 is 39.5 Å². The molecule has 0 bridgehead atoms. The molecule has 2 heterocycles. The van der Waals surface area contributed by atoms with Crippen LogP contribution in [0.5, 0.6) is 11.5 Å². The molecule has 0 radical (unpaired) electrons. The van der Waals surface area contributed by atoms with Gasteiger partial charge in [0.25, 0.3) is 11.8 Å². The first-order valence-corrected chi connectivity index (χ1v) is 12.0. The molecule has 0 aliphatic carbocycles. The fourth-order valence-electron chi connectivity index (χ4n) is 3.34. The van der Waals surface area contributed by atoms with Gasteiger partial charge < -0.3 is 20.1 Å². The van der Waals surface area contributed by atoms with Gasteiger partial charge in [0.1, 0.15) is 10.8 Å². The molecule has 4 rings (SSSR count). The minimum atomic E-state index is -0.364. The van der Waals surface area contributed by atoms with Crippen molar-refractivity contribution in [2.75, 3.05) is 19.5 Å². The number of carbonyl (C=O) groups is 2. The van der Waals surface area contributed by atoms with Crippen molar-refractivity contribution in [1.29, 1.82) is 0 Å². The van der Waals surface area contributed by atoms with Gasteiger partial charge in [-0.15, -0.1) is 22.7 Å². The second-order valence-electron chi connectivity index (χ2n) is 7.16. The van der Waals surface area contributed by atoms with Gasteiger partial charge in [0, 0.05) is 17.5 Å². The molecule has 9 heteroatoms. The summed E-state index contributed by atoms with van der Waals surface area (Å²) in [4.78, 5) is 26.6. The summed E-state index contributed by atoms with van der Waals surface area (Å²) in [6, 6.07) is 14.8. The fraction of sp³-hybridized carbons (Fsp3) is 0.120. The number of thiophene rings is 2. The van der Waals surface area contributed by atoms with Crippen molar-refractivity contribution in [3.63, 3.8) is 0 Å². The average molecular weight is 497 g/mol. The normalized spacial score (nSPS) is 10.6. The summed E-state index contributed by atoms with van der Waals surface area (Å²) >= 11 is 2.58. The maximum absolute atomic E-state index is 13.3. The Bertz CT molecular complexity index is 1300. The topological polar surface area (TPSA) is 76.7 Å². The highest BCUT2D eigenvalue weighted by Crippen LogP contribution is 2.39. The van der Waals surface area contributed by atoms with E-state index in [1.165, 1.54) is 41.9 Å². The van der Waals surface area contributed by atoms with Gasteiger partial charge in [0.2, 0.25) is 0 Å². The zero-order chi connectivity index (χ0) is 24.1. The maximum atomic E-state index is 13.3. The number of nitrogens with one attached hydrogen (secondary N) is 2. The molecule has 0 atom stereocenters. The van der Waals surface area contributed by atoms with Crippen LogP contribution in [-0.2, 0) is 6.54 Å². The van der Waals surface area contributed by atoms with Crippen LogP contribution >= 0.6 is 22.7 Å². The Balaban J connectivity index is 1.68. The number of carbonyl (C=O) groups excluding carboxylic acids is 2. The first kappa shape index (κ1) is 23.5. The predicted molar refractivity (Wildman–Crippen MR) is 133 cm³/mol. The van der Waals surface area contributed by atoms with E-state index in [4.69, 9.17) is 9.47 Å². The number of hydrogen-bond acceptors (Lipinski definition) is 6. The molecule has 2 amide bonds. The molecule has 0 aliphatic heterocycles. The summed E-state index contributed by atoms with van der Waals surface area (Å²) in [6.45, 7) is 0.207. The third-order valence-corrected chi connectivity index (χ3v) is 6.82. The zero-order valence-electron chi connectivity index (χ0n) is 18.4. The molecule has 0 saturated heterocycles. The van der Waals surface area contributed by atoms with E-state index in [9.17, 15) is 14.0 Å². The minimum Gasteiger partial charge on any atom is -0.493 e. The number of anilines is 1. The first-order valence-electron chi connectivity index (χ1n) is 10.2. The van der Waals surface area contributed by atoms with Gasteiger partial charge in [-0.3, -0.25) is 9.59 Å². The van der Waals surface area contributed by atoms with Crippen LogP contribution in [0.4, 0.5) is 9.39 Å². The highest BCUT2D eigenvalue weighted by atomic mass is 32.1. The maximum Gasteiger partial charge on any atom is 0.266 e. The number of hydrogen-bond donors (Lipinski definition) is 2. The summed E-state index contributed by atoms with van der Waals surface area (Å²) in [6.07, 6.45) is 0. The summed E-state index contributed by atoms with van der Waals surface area (Å²) in [5.41, 5.74) is 2.47. The van der Waals surface area contributed by atoms with E-state index in [0.717, 1.165) is 11.1 Å². The lowest BCUT2D eigenvalue weighted by Crippen LogP contribution is -2.24. The molecule has 2 aromatic carbocycles. The number of ether oxygens (including phenoxy) is 2. The summed E-state index contributed by atoms with van der Waals surface area (Å²) in [7, 11) is 3.09. The molecule has 0 spiro atoms. The van der Waals surface area contributed by atoms with Crippen molar-refractivity contribution in [1.82, 2.24) is 5.32 Å². The Labute approximate surface area is 204 Å². The molecule has 2 aromatic heterocycles. The third kappa shape index (κ3) is 5.11. The van der Waals surface area contributed by atoms with Crippen molar-refractivity contribution < 1.29 is 23.5 Å². The molecular weight excluding hydrogens is 475 g/mol. The van der Waals surface area contributed by atoms with Gasteiger partial charge >= 0.3 is 0 Å². The van der Waals surface area contributed by atoms with Crippen LogP contribution in [0.1, 0.15) is 25.6 Å². The quantitative estimate of drug-likeness (QED) is 0.323. The lowest BCUT2D eigenvalue weighted by molar-refractivity contribution is 0.0953. The van der Waals surface area contributed by atoms with Crippen molar-refractivity contribution in [3.8, 4) is 22.6 Å². The fourth-order valence-corrected chi connectivity index (χ4v) is 4.92. The monoisotopic (exact) mass is 496 g/mol. The minimum absolute atomic E-state index is 0.207. The lowest BCUT2D eigenvalue weighted by atomic mass is 10.0. The van der Waals surface area contributed by atoms with Gasteiger partial charge in [-0.25, -0.2) is 4.39 Å². The molecule has 0 unspecified atom stereocenters. The smallest absolute Gasteiger partial charge is 0.266 e.